The van der Waals surface area contributed by atoms with Gasteiger partial charge in [0.15, 0.2) is 0 Å². The Morgan fingerprint density at radius 2 is 2.07 bits per heavy atom. The summed E-state index contributed by atoms with van der Waals surface area (Å²) in [5, 5.41) is 0. The number of halogens is 1. The number of pyridine rings is 1. The number of nitrogens with zero attached hydrogens (tertiary/aromatic N) is 1. The maximum atomic E-state index is 13.9. The highest BCUT2D eigenvalue weighted by Gasteiger charge is 2.07. The molecule has 3 heteroatoms. The summed E-state index contributed by atoms with van der Waals surface area (Å²) in [7, 11) is 0. The lowest BCUT2D eigenvalue weighted by Crippen LogP contribution is -2.00. The predicted molar refractivity (Wildman–Crippen MR) is 57.5 cm³/mol. The van der Waals surface area contributed by atoms with Crippen LogP contribution in [0.15, 0.2) is 42.7 Å². The molecule has 2 rings (SSSR count). The van der Waals surface area contributed by atoms with E-state index in [4.69, 9.17) is 5.73 Å². The second-order valence-corrected chi connectivity index (χ2v) is 3.22. The third-order valence-corrected chi connectivity index (χ3v) is 2.27. The molecule has 0 saturated carbocycles. The van der Waals surface area contributed by atoms with Gasteiger partial charge in [-0.05, 0) is 6.07 Å². The maximum Gasteiger partial charge on any atom is 0.135 e. The first kappa shape index (κ1) is 9.80. The Balaban J connectivity index is 2.54. The smallest absolute Gasteiger partial charge is 0.135 e. The summed E-state index contributed by atoms with van der Waals surface area (Å²) in [5.41, 5.74) is 7.28. The van der Waals surface area contributed by atoms with Crippen molar-refractivity contribution >= 4 is 0 Å². The minimum absolute atomic E-state index is 0.208. The molecule has 2 nitrogen and oxygen atoms in total. The second-order valence-electron chi connectivity index (χ2n) is 3.22. The van der Waals surface area contributed by atoms with Gasteiger partial charge in [-0.15, -0.1) is 0 Å². The van der Waals surface area contributed by atoms with Crippen LogP contribution in [-0.4, -0.2) is 4.98 Å². The van der Waals surface area contributed by atoms with Crippen LogP contribution in [0.3, 0.4) is 0 Å². The van der Waals surface area contributed by atoms with Crippen LogP contribution in [0.5, 0.6) is 0 Å². The second kappa shape index (κ2) is 4.19. The number of aromatic nitrogens is 1. The van der Waals surface area contributed by atoms with E-state index in [-0.39, 0.29) is 12.4 Å². The molecule has 1 aromatic carbocycles. The number of hydrogen-bond donors (Lipinski definition) is 1. The molecule has 0 bridgehead atoms. The molecule has 0 atom stereocenters. The van der Waals surface area contributed by atoms with Gasteiger partial charge in [0.1, 0.15) is 5.82 Å². The van der Waals surface area contributed by atoms with Gasteiger partial charge in [-0.3, -0.25) is 4.98 Å². The lowest BCUT2D eigenvalue weighted by Gasteiger charge is -2.06. The molecule has 76 valence electrons. The normalized spacial score (nSPS) is 10.3. The molecule has 2 aromatic rings. The maximum absolute atomic E-state index is 13.9. The van der Waals surface area contributed by atoms with Gasteiger partial charge in [0.25, 0.3) is 0 Å². The van der Waals surface area contributed by atoms with Gasteiger partial charge < -0.3 is 5.73 Å². The fourth-order valence-electron chi connectivity index (χ4n) is 1.48. The Kier molecular flexibility index (Phi) is 2.74. The van der Waals surface area contributed by atoms with Gasteiger partial charge in [0, 0.05) is 35.6 Å². The van der Waals surface area contributed by atoms with Crippen molar-refractivity contribution in [2.24, 2.45) is 5.73 Å². The van der Waals surface area contributed by atoms with Crippen LogP contribution in [0.25, 0.3) is 11.1 Å². The van der Waals surface area contributed by atoms with E-state index in [0.29, 0.717) is 11.1 Å². The van der Waals surface area contributed by atoms with Crippen molar-refractivity contribution in [1.82, 2.24) is 4.98 Å². The minimum atomic E-state index is -0.256. The van der Waals surface area contributed by atoms with Gasteiger partial charge in [-0.25, -0.2) is 4.39 Å². The standard InChI is InChI=1S/C12H11FN2/c13-12-9(7-14)3-1-5-11(12)10-4-2-6-15-8-10/h1-6,8H,7,14H2. The fourth-order valence-corrected chi connectivity index (χ4v) is 1.48. The summed E-state index contributed by atoms with van der Waals surface area (Å²) in [5.74, 6) is -0.256. The number of rotatable bonds is 2. The van der Waals surface area contributed by atoms with Crippen molar-refractivity contribution in [2.45, 2.75) is 6.54 Å². The van der Waals surface area contributed by atoms with E-state index in [2.05, 4.69) is 4.98 Å². The van der Waals surface area contributed by atoms with Crippen molar-refractivity contribution in [3.05, 3.63) is 54.1 Å². The third-order valence-electron chi connectivity index (χ3n) is 2.27. The van der Waals surface area contributed by atoms with Crippen molar-refractivity contribution in [1.29, 1.82) is 0 Å². The van der Waals surface area contributed by atoms with E-state index in [0.717, 1.165) is 5.56 Å². The summed E-state index contributed by atoms with van der Waals surface area (Å²) in [4.78, 5) is 3.96. The Labute approximate surface area is 87.6 Å². The van der Waals surface area contributed by atoms with Crippen molar-refractivity contribution in [3.63, 3.8) is 0 Å². The van der Waals surface area contributed by atoms with E-state index >= 15 is 0 Å². The van der Waals surface area contributed by atoms with E-state index < -0.39 is 0 Å². The van der Waals surface area contributed by atoms with Gasteiger partial charge >= 0.3 is 0 Å². The molecule has 0 unspecified atom stereocenters. The highest BCUT2D eigenvalue weighted by molar-refractivity contribution is 5.63. The summed E-state index contributed by atoms with van der Waals surface area (Å²) < 4.78 is 13.9. The molecular formula is C12H11FN2. The number of hydrogen-bond acceptors (Lipinski definition) is 2. The lowest BCUT2D eigenvalue weighted by atomic mass is 10.0. The Morgan fingerprint density at radius 1 is 1.20 bits per heavy atom. The quantitative estimate of drug-likeness (QED) is 0.811. The van der Waals surface area contributed by atoms with E-state index in [9.17, 15) is 4.39 Å². The van der Waals surface area contributed by atoms with E-state index in [1.807, 2.05) is 6.07 Å². The Hall–Kier alpha value is -1.74. The summed E-state index contributed by atoms with van der Waals surface area (Å²) in [6, 6.07) is 8.82. The van der Waals surface area contributed by atoms with Crippen LogP contribution in [0.4, 0.5) is 4.39 Å². The van der Waals surface area contributed by atoms with E-state index in [1.54, 1.807) is 36.7 Å². The summed E-state index contributed by atoms with van der Waals surface area (Å²) in [6.45, 7) is 0.208. The zero-order chi connectivity index (χ0) is 10.7. The molecule has 0 radical (unpaired) electrons. The fraction of sp³-hybridized carbons (Fsp3) is 0.0833. The molecule has 1 aromatic heterocycles. The highest BCUT2D eigenvalue weighted by Crippen LogP contribution is 2.23. The molecule has 2 N–H and O–H groups in total. The van der Waals surface area contributed by atoms with Crippen LogP contribution in [-0.2, 0) is 6.54 Å². The van der Waals surface area contributed by atoms with Crippen LogP contribution >= 0.6 is 0 Å². The zero-order valence-corrected chi connectivity index (χ0v) is 8.15. The minimum Gasteiger partial charge on any atom is -0.326 e. The van der Waals surface area contributed by atoms with Gasteiger partial charge in [0.05, 0.1) is 0 Å². The van der Waals surface area contributed by atoms with Crippen molar-refractivity contribution < 1.29 is 4.39 Å². The molecule has 0 spiro atoms. The predicted octanol–water partition coefficient (Wildman–Crippen LogP) is 2.35. The van der Waals surface area contributed by atoms with Gasteiger partial charge in [0.2, 0.25) is 0 Å². The lowest BCUT2D eigenvalue weighted by molar-refractivity contribution is 0.614. The largest absolute Gasteiger partial charge is 0.326 e. The van der Waals surface area contributed by atoms with E-state index in [1.165, 1.54) is 0 Å². The summed E-state index contributed by atoms with van der Waals surface area (Å²) in [6.07, 6.45) is 3.30. The molecule has 0 aliphatic carbocycles. The van der Waals surface area contributed by atoms with Crippen LogP contribution < -0.4 is 5.73 Å². The van der Waals surface area contributed by atoms with Gasteiger partial charge in [-0.1, -0.05) is 24.3 Å². The molecule has 15 heavy (non-hydrogen) atoms. The Morgan fingerprint density at radius 3 is 2.73 bits per heavy atom. The topological polar surface area (TPSA) is 38.9 Å². The first-order valence-corrected chi connectivity index (χ1v) is 4.71. The SMILES string of the molecule is NCc1cccc(-c2cccnc2)c1F. The first-order chi connectivity index (χ1) is 7.33. The molecule has 0 fully saturated rings. The molecule has 0 saturated heterocycles. The van der Waals surface area contributed by atoms with Crippen LogP contribution in [0, 0.1) is 5.82 Å². The van der Waals surface area contributed by atoms with Crippen LogP contribution in [0.2, 0.25) is 0 Å². The number of benzene rings is 1. The molecular weight excluding hydrogens is 191 g/mol. The average Bonchev–Trinajstić information content (AvgIpc) is 2.30. The van der Waals surface area contributed by atoms with Gasteiger partial charge in [-0.2, -0.15) is 0 Å². The number of nitrogens with two attached hydrogens (primary N) is 1. The monoisotopic (exact) mass is 202 g/mol. The van der Waals surface area contributed by atoms with Crippen LogP contribution in [0.1, 0.15) is 5.56 Å². The highest BCUT2D eigenvalue weighted by atomic mass is 19.1. The molecule has 0 aliphatic rings. The van der Waals surface area contributed by atoms with Crippen molar-refractivity contribution in [3.8, 4) is 11.1 Å². The van der Waals surface area contributed by atoms with Crippen molar-refractivity contribution in [2.75, 3.05) is 0 Å². The average molecular weight is 202 g/mol. The summed E-state index contributed by atoms with van der Waals surface area (Å²) >= 11 is 0. The molecule has 0 aliphatic heterocycles. The molecule has 1 heterocycles. The Bertz CT molecular complexity index is 454. The zero-order valence-electron chi connectivity index (χ0n) is 8.15. The first-order valence-electron chi connectivity index (χ1n) is 4.71. The molecule has 0 amide bonds. The third kappa shape index (κ3) is 1.87.